The predicted octanol–water partition coefficient (Wildman–Crippen LogP) is -0.0825. The molecule has 0 aromatic carbocycles. The van der Waals surface area contributed by atoms with Crippen molar-refractivity contribution in [3.63, 3.8) is 0 Å². The number of carbonyl (C=O) groups excluding carboxylic acids is 1. The van der Waals surface area contributed by atoms with E-state index in [4.69, 9.17) is 4.74 Å². The Morgan fingerprint density at radius 2 is 2.05 bits per heavy atom. The predicted molar refractivity (Wildman–Crippen MR) is 72.9 cm³/mol. The third kappa shape index (κ3) is 2.64. The summed E-state index contributed by atoms with van der Waals surface area (Å²) in [6, 6.07) is 0.789. The molecule has 3 aliphatic heterocycles. The maximum atomic E-state index is 12.7. The van der Waals surface area contributed by atoms with Crippen molar-refractivity contribution < 1.29 is 9.53 Å². The molecular weight excluding hydrogens is 242 g/mol. The van der Waals surface area contributed by atoms with Crippen LogP contribution in [0.4, 0.5) is 0 Å². The smallest absolute Gasteiger partial charge is 0.229 e. The van der Waals surface area contributed by atoms with Crippen molar-refractivity contribution in [1.29, 1.82) is 0 Å². The van der Waals surface area contributed by atoms with Crippen LogP contribution in [-0.4, -0.2) is 74.2 Å². The van der Waals surface area contributed by atoms with E-state index in [1.165, 1.54) is 19.4 Å². The number of fused-ring (bicyclic) bond motifs is 1. The van der Waals surface area contributed by atoms with Crippen molar-refractivity contribution in [2.75, 3.05) is 46.4 Å². The summed E-state index contributed by atoms with van der Waals surface area (Å²) in [6.45, 7) is 5.46. The van der Waals surface area contributed by atoms with Gasteiger partial charge in [-0.15, -0.1) is 0 Å². The maximum absolute atomic E-state index is 12.7. The summed E-state index contributed by atoms with van der Waals surface area (Å²) in [5.74, 6) is 0.309. The topological polar surface area (TPSA) is 44.8 Å². The van der Waals surface area contributed by atoms with Crippen LogP contribution in [0, 0.1) is 5.92 Å². The molecule has 1 amide bonds. The summed E-state index contributed by atoms with van der Waals surface area (Å²) < 4.78 is 5.47. The average molecular weight is 267 g/mol. The quantitative estimate of drug-likeness (QED) is 0.760. The van der Waals surface area contributed by atoms with Gasteiger partial charge in [-0.05, 0) is 32.9 Å². The van der Waals surface area contributed by atoms with Gasteiger partial charge in [0.05, 0.1) is 19.1 Å². The van der Waals surface area contributed by atoms with Crippen LogP contribution in [0.1, 0.15) is 19.3 Å². The molecule has 19 heavy (non-hydrogen) atoms. The van der Waals surface area contributed by atoms with Gasteiger partial charge in [-0.3, -0.25) is 9.69 Å². The fourth-order valence-corrected chi connectivity index (χ4v) is 3.72. The molecule has 1 N–H and O–H groups in total. The molecule has 0 radical (unpaired) electrons. The van der Waals surface area contributed by atoms with Crippen LogP contribution in [0.15, 0.2) is 0 Å². The van der Waals surface area contributed by atoms with Crippen LogP contribution in [-0.2, 0) is 9.53 Å². The second kappa shape index (κ2) is 5.77. The summed E-state index contributed by atoms with van der Waals surface area (Å²) in [5, 5.41) is 3.21. The third-order valence-corrected chi connectivity index (χ3v) is 4.88. The molecule has 3 atom stereocenters. The van der Waals surface area contributed by atoms with Crippen LogP contribution in [0.5, 0.6) is 0 Å². The normalized spacial score (nSPS) is 36.3. The highest BCUT2D eigenvalue weighted by atomic mass is 16.5. The van der Waals surface area contributed by atoms with Gasteiger partial charge in [-0.25, -0.2) is 0 Å². The fraction of sp³-hybridized carbons (Fsp3) is 0.929. The second-order valence-electron chi connectivity index (χ2n) is 6.01. The van der Waals surface area contributed by atoms with E-state index in [2.05, 4.69) is 15.1 Å². The Kier molecular flexibility index (Phi) is 4.05. The zero-order valence-electron chi connectivity index (χ0n) is 11.8. The molecule has 3 aliphatic rings. The summed E-state index contributed by atoms with van der Waals surface area (Å²) in [6.07, 6.45) is 3.65. The largest absolute Gasteiger partial charge is 0.379 e. The zero-order valence-corrected chi connectivity index (χ0v) is 11.8. The lowest BCUT2D eigenvalue weighted by molar-refractivity contribution is -0.136. The number of hydrogen-bond donors (Lipinski definition) is 1. The Labute approximate surface area is 115 Å². The van der Waals surface area contributed by atoms with E-state index < -0.39 is 0 Å². The van der Waals surface area contributed by atoms with E-state index in [9.17, 15) is 4.79 Å². The molecule has 3 rings (SSSR count). The van der Waals surface area contributed by atoms with Gasteiger partial charge in [0.1, 0.15) is 0 Å². The van der Waals surface area contributed by atoms with Gasteiger partial charge >= 0.3 is 0 Å². The lowest BCUT2D eigenvalue weighted by Crippen LogP contribution is -2.47. The molecule has 5 nitrogen and oxygen atoms in total. The Balaban J connectivity index is 1.65. The molecular formula is C14H25N3O2. The number of nitrogens with one attached hydrogen (secondary N) is 1. The average Bonchev–Trinajstić information content (AvgIpc) is 3.02. The van der Waals surface area contributed by atoms with Crippen molar-refractivity contribution in [3.8, 4) is 0 Å². The molecule has 0 aromatic rings. The fourth-order valence-electron chi connectivity index (χ4n) is 3.72. The summed E-state index contributed by atoms with van der Waals surface area (Å²) in [4.78, 5) is 17.4. The lowest BCUT2D eigenvalue weighted by Gasteiger charge is -2.29. The van der Waals surface area contributed by atoms with Crippen LogP contribution in [0.25, 0.3) is 0 Å². The summed E-state index contributed by atoms with van der Waals surface area (Å²) >= 11 is 0. The molecule has 3 heterocycles. The minimum atomic E-state index is 0.0120. The second-order valence-corrected chi connectivity index (χ2v) is 6.01. The van der Waals surface area contributed by atoms with E-state index in [1.54, 1.807) is 0 Å². The molecule has 0 bridgehead atoms. The highest BCUT2D eigenvalue weighted by Gasteiger charge is 2.38. The molecule has 5 heteroatoms. The Morgan fingerprint density at radius 3 is 2.89 bits per heavy atom. The Hall–Kier alpha value is -0.650. The van der Waals surface area contributed by atoms with Gasteiger partial charge in [0.15, 0.2) is 0 Å². The minimum absolute atomic E-state index is 0.0120. The van der Waals surface area contributed by atoms with Gasteiger partial charge in [-0.2, -0.15) is 0 Å². The van der Waals surface area contributed by atoms with Gasteiger partial charge in [-0.1, -0.05) is 0 Å². The number of hydrogen-bond acceptors (Lipinski definition) is 4. The van der Waals surface area contributed by atoms with Gasteiger partial charge in [0.2, 0.25) is 5.91 Å². The lowest BCUT2D eigenvalue weighted by atomic mass is 10.0. The SMILES string of the molecule is CNC1COCC1C(=O)N1CCCN2CCCC2C1. The van der Waals surface area contributed by atoms with Crippen molar-refractivity contribution in [2.45, 2.75) is 31.3 Å². The van der Waals surface area contributed by atoms with Crippen molar-refractivity contribution in [3.05, 3.63) is 0 Å². The highest BCUT2D eigenvalue weighted by Crippen LogP contribution is 2.24. The van der Waals surface area contributed by atoms with Crippen LogP contribution in [0.3, 0.4) is 0 Å². The summed E-state index contributed by atoms with van der Waals surface area (Å²) in [7, 11) is 1.92. The first-order valence-corrected chi connectivity index (χ1v) is 7.57. The molecule has 0 aromatic heterocycles. The number of amides is 1. The number of nitrogens with zero attached hydrogens (tertiary/aromatic N) is 2. The van der Waals surface area contributed by atoms with Crippen LogP contribution in [0.2, 0.25) is 0 Å². The molecule has 0 spiro atoms. The van der Waals surface area contributed by atoms with E-state index in [-0.39, 0.29) is 12.0 Å². The molecule has 3 unspecified atom stereocenters. The monoisotopic (exact) mass is 267 g/mol. The first kappa shape index (κ1) is 13.3. The minimum Gasteiger partial charge on any atom is -0.379 e. The van der Waals surface area contributed by atoms with E-state index in [1.807, 2.05) is 7.05 Å². The Bertz CT molecular complexity index is 337. The highest BCUT2D eigenvalue weighted by molar-refractivity contribution is 5.80. The van der Waals surface area contributed by atoms with Crippen molar-refractivity contribution >= 4 is 5.91 Å². The van der Waals surface area contributed by atoms with Crippen molar-refractivity contribution in [1.82, 2.24) is 15.1 Å². The van der Waals surface area contributed by atoms with Crippen LogP contribution < -0.4 is 5.32 Å². The molecule has 108 valence electrons. The number of ether oxygens (including phenoxy) is 1. The van der Waals surface area contributed by atoms with E-state index in [0.717, 1.165) is 26.1 Å². The first-order chi connectivity index (χ1) is 9.29. The first-order valence-electron chi connectivity index (χ1n) is 7.57. The number of likely N-dealkylation sites (N-methyl/N-ethyl adjacent to an activating group) is 1. The summed E-state index contributed by atoms with van der Waals surface area (Å²) in [5.41, 5.74) is 0. The van der Waals surface area contributed by atoms with Gasteiger partial charge in [0.25, 0.3) is 0 Å². The molecule has 0 aliphatic carbocycles. The van der Waals surface area contributed by atoms with Crippen LogP contribution >= 0.6 is 0 Å². The molecule has 3 fully saturated rings. The van der Waals surface area contributed by atoms with Crippen molar-refractivity contribution in [2.24, 2.45) is 5.92 Å². The standard InChI is InChI=1S/C14H25N3O2/c1-15-13-10-19-9-12(13)14(18)17-7-3-6-16-5-2-4-11(16)8-17/h11-13,15H,2-10H2,1H3. The van der Waals surface area contributed by atoms with E-state index in [0.29, 0.717) is 25.2 Å². The number of carbonyl (C=O) groups is 1. The third-order valence-electron chi connectivity index (χ3n) is 4.88. The van der Waals surface area contributed by atoms with Gasteiger partial charge in [0, 0.05) is 31.7 Å². The number of rotatable bonds is 2. The maximum Gasteiger partial charge on any atom is 0.229 e. The molecule has 3 saturated heterocycles. The zero-order chi connectivity index (χ0) is 13.2. The van der Waals surface area contributed by atoms with E-state index >= 15 is 0 Å². The Morgan fingerprint density at radius 1 is 1.21 bits per heavy atom. The van der Waals surface area contributed by atoms with Gasteiger partial charge < -0.3 is 15.0 Å². The molecule has 0 saturated carbocycles.